The van der Waals surface area contributed by atoms with Crippen molar-refractivity contribution in [3.8, 4) is 0 Å². The van der Waals surface area contributed by atoms with Crippen LogP contribution in [0.4, 0.5) is 0 Å². The molecule has 0 spiro atoms. The highest BCUT2D eigenvalue weighted by atomic mass is 79.9. The number of carbonyl (C=O) groups is 1. The maximum atomic E-state index is 11.1. The Morgan fingerprint density at radius 3 is 2.69 bits per heavy atom. The van der Waals surface area contributed by atoms with Crippen molar-refractivity contribution in [3.05, 3.63) is 0 Å². The van der Waals surface area contributed by atoms with E-state index in [1.165, 1.54) is 0 Å². The summed E-state index contributed by atoms with van der Waals surface area (Å²) >= 11 is 3.28. The van der Waals surface area contributed by atoms with Gasteiger partial charge in [0.25, 0.3) is 0 Å². The Balaban J connectivity index is 3.38. The monoisotopic (exact) mass is 252 g/mol. The van der Waals surface area contributed by atoms with Gasteiger partial charge in [-0.25, -0.2) is 0 Å². The third kappa shape index (κ3) is 7.02. The van der Waals surface area contributed by atoms with Crippen molar-refractivity contribution in [2.24, 2.45) is 0 Å². The Labute approximate surface area is 87.9 Å². The van der Waals surface area contributed by atoms with E-state index < -0.39 is 0 Å². The molecule has 0 aromatic heterocycles. The number of hydrogen-bond donors (Lipinski definition) is 0. The Morgan fingerprint density at radius 2 is 2.15 bits per heavy atom. The molecule has 0 radical (unpaired) electrons. The summed E-state index contributed by atoms with van der Waals surface area (Å²) in [6.45, 7) is 3.00. The number of methoxy groups -OCH3 is 1. The molecule has 13 heavy (non-hydrogen) atoms. The van der Waals surface area contributed by atoms with Gasteiger partial charge < -0.3 is 9.47 Å². The topological polar surface area (TPSA) is 35.5 Å². The number of rotatable bonds is 7. The lowest BCUT2D eigenvalue weighted by molar-refractivity contribution is -0.142. The summed E-state index contributed by atoms with van der Waals surface area (Å²) in [5.41, 5.74) is 0. The molecular formula is C9H17BrO3. The van der Waals surface area contributed by atoms with Crippen LogP contribution in [0.5, 0.6) is 0 Å². The average molecular weight is 253 g/mol. The second-order valence-electron chi connectivity index (χ2n) is 2.71. The third-order valence-corrected chi connectivity index (χ3v) is 2.43. The number of unbranched alkanes of at least 4 members (excludes halogenated alkanes) is 1. The van der Waals surface area contributed by atoms with E-state index in [-0.39, 0.29) is 10.8 Å². The fourth-order valence-electron chi connectivity index (χ4n) is 0.920. The van der Waals surface area contributed by atoms with Gasteiger partial charge in [0, 0.05) is 13.7 Å². The zero-order valence-corrected chi connectivity index (χ0v) is 9.80. The number of hydrogen-bond acceptors (Lipinski definition) is 3. The van der Waals surface area contributed by atoms with Crippen LogP contribution in [0.25, 0.3) is 0 Å². The maximum absolute atomic E-state index is 11.1. The molecule has 1 atom stereocenters. The fraction of sp³-hybridized carbons (Fsp3) is 0.889. The van der Waals surface area contributed by atoms with Gasteiger partial charge in [-0.3, -0.25) is 4.79 Å². The summed E-state index contributed by atoms with van der Waals surface area (Å²) in [5.74, 6) is -0.167. The molecular weight excluding hydrogens is 236 g/mol. The molecule has 0 saturated carbocycles. The normalized spacial score (nSPS) is 12.5. The second-order valence-corrected chi connectivity index (χ2v) is 3.81. The molecule has 0 bridgehead atoms. The molecule has 0 aromatic carbocycles. The fourth-order valence-corrected chi connectivity index (χ4v) is 1.38. The summed E-state index contributed by atoms with van der Waals surface area (Å²) in [6.07, 6.45) is 2.77. The molecule has 0 amide bonds. The molecule has 0 aliphatic carbocycles. The van der Waals surface area contributed by atoms with Crippen LogP contribution in [-0.4, -0.2) is 31.1 Å². The highest BCUT2D eigenvalue weighted by molar-refractivity contribution is 9.10. The van der Waals surface area contributed by atoms with E-state index in [1.54, 1.807) is 7.11 Å². The van der Waals surface area contributed by atoms with E-state index in [0.717, 1.165) is 25.9 Å². The molecule has 0 fully saturated rings. The van der Waals surface area contributed by atoms with Crippen LogP contribution < -0.4 is 0 Å². The van der Waals surface area contributed by atoms with E-state index >= 15 is 0 Å². The predicted octanol–water partition coefficient (Wildman–Crippen LogP) is 2.13. The quantitative estimate of drug-likeness (QED) is 0.396. The highest BCUT2D eigenvalue weighted by Gasteiger charge is 2.14. The minimum absolute atomic E-state index is 0.163. The van der Waals surface area contributed by atoms with E-state index in [4.69, 9.17) is 9.47 Å². The van der Waals surface area contributed by atoms with Gasteiger partial charge in [-0.15, -0.1) is 0 Å². The van der Waals surface area contributed by atoms with Gasteiger partial charge in [-0.05, 0) is 26.2 Å². The summed E-state index contributed by atoms with van der Waals surface area (Å²) in [7, 11) is 1.68. The van der Waals surface area contributed by atoms with Gasteiger partial charge in [-0.1, -0.05) is 15.9 Å². The molecule has 0 aliphatic rings. The molecule has 0 saturated heterocycles. The highest BCUT2D eigenvalue weighted by Crippen LogP contribution is 2.11. The molecule has 78 valence electrons. The van der Waals surface area contributed by atoms with Crippen LogP contribution in [0.15, 0.2) is 0 Å². The summed E-state index contributed by atoms with van der Waals surface area (Å²) < 4.78 is 9.74. The van der Waals surface area contributed by atoms with Gasteiger partial charge >= 0.3 is 5.97 Å². The van der Waals surface area contributed by atoms with Crippen molar-refractivity contribution in [1.82, 2.24) is 0 Å². The first kappa shape index (κ1) is 12.9. The molecule has 0 N–H and O–H groups in total. The maximum Gasteiger partial charge on any atom is 0.319 e. The predicted molar refractivity (Wildman–Crippen MR) is 55.1 cm³/mol. The van der Waals surface area contributed by atoms with Crippen molar-refractivity contribution in [2.75, 3.05) is 20.3 Å². The molecule has 4 heteroatoms. The SMILES string of the molecule is CCOC(=O)C(Br)CCCCOC. The van der Waals surface area contributed by atoms with Gasteiger partial charge in [-0.2, -0.15) is 0 Å². The van der Waals surface area contributed by atoms with Gasteiger partial charge in [0.2, 0.25) is 0 Å². The van der Waals surface area contributed by atoms with Crippen molar-refractivity contribution >= 4 is 21.9 Å². The van der Waals surface area contributed by atoms with Crippen molar-refractivity contribution < 1.29 is 14.3 Å². The van der Waals surface area contributed by atoms with E-state index in [2.05, 4.69) is 15.9 Å². The molecule has 1 unspecified atom stereocenters. The van der Waals surface area contributed by atoms with Crippen LogP contribution >= 0.6 is 15.9 Å². The minimum Gasteiger partial charge on any atom is -0.465 e. The van der Waals surface area contributed by atoms with Crippen molar-refractivity contribution in [3.63, 3.8) is 0 Å². The molecule has 0 rings (SSSR count). The largest absolute Gasteiger partial charge is 0.465 e. The molecule has 0 aromatic rings. The lowest BCUT2D eigenvalue weighted by atomic mass is 10.2. The van der Waals surface area contributed by atoms with Crippen LogP contribution in [0.1, 0.15) is 26.2 Å². The lowest BCUT2D eigenvalue weighted by Crippen LogP contribution is -2.17. The summed E-state index contributed by atoms with van der Waals surface area (Å²) in [5, 5.41) is 0. The van der Waals surface area contributed by atoms with Crippen molar-refractivity contribution in [2.45, 2.75) is 31.0 Å². The number of halogens is 1. The van der Waals surface area contributed by atoms with Gasteiger partial charge in [0.1, 0.15) is 4.83 Å². The first-order valence-electron chi connectivity index (χ1n) is 4.52. The van der Waals surface area contributed by atoms with Crippen LogP contribution in [0.3, 0.4) is 0 Å². The second kappa shape index (κ2) is 8.51. The summed E-state index contributed by atoms with van der Waals surface area (Å²) in [4.78, 5) is 10.9. The zero-order chi connectivity index (χ0) is 10.1. The van der Waals surface area contributed by atoms with Crippen LogP contribution in [0, 0.1) is 0 Å². The van der Waals surface area contributed by atoms with Crippen molar-refractivity contribution in [1.29, 1.82) is 0 Å². The third-order valence-electron chi connectivity index (χ3n) is 1.60. The first-order valence-corrected chi connectivity index (χ1v) is 5.43. The van der Waals surface area contributed by atoms with E-state index in [1.807, 2.05) is 6.92 Å². The smallest absolute Gasteiger partial charge is 0.319 e. The van der Waals surface area contributed by atoms with Crippen LogP contribution in [-0.2, 0) is 14.3 Å². The number of alkyl halides is 1. The number of carbonyl (C=O) groups excluding carboxylic acids is 1. The number of ether oxygens (including phenoxy) is 2. The molecule has 0 aliphatic heterocycles. The van der Waals surface area contributed by atoms with Gasteiger partial charge in [0.15, 0.2) is 0 Å². The standard InChI is InChI=1S/C9H17BrO3/c1-3-13-9(11)8(10)6-4-5-7-12-2/h8H,3-7H2,1-2H3. The zero-order valence-electron chi connectivity index (χ0n) is 8.22. The molecule has 0 heterocycles. The first-order chi connectivity index (χ1) is 6.22. The Bertz CT molecular complexity index is 139. The average Bonchev–Trinajstić information content (AvgIpc) is 2.12. The van der Waals surface area contributed by atoms with Gasteiger partial charge in [0.05, 0.1) is 6.61 Å². The summed E-state index contributed by atoms with van der Waals surface area (Å²) in [6, 6.07) is 0. The Kier molecular flexibility index (Phi) is 8.45. The van der Waals surface area contributed by atoms with Crippen LogP contribution in [0.2, 0.25) is 0 Å². The Hall–Kier alpha value is -0.0900. The van der Waals surface area contributed by atoms with E-state index in [0.29, 0.717) is 6.61 Å². The number of esters is 1. The Morgan fingerprint density at radius 1 is 1.46 bits per heavy atom. The minimum atomic E-state index is -0.167. The molecule has 3 nitrogen and oxygen atoms in total. The van der Waals surface area contributed by atoms with E-state index in [9.17, 15) is 4.79 Å². The lowest BCUT2D eigenvalue weighted by Gasteiger charge is -2.07.